The van der Waals surface area contributed by atoms with Crippen LogP contribution in [-0.4, -0.2) is 25.7 Å². The molecule has 0 saturated carbocycles. The van der Waals surface area contributed by atoms with E-state index in [-0.39, 0.29) is 17.8 Å². The molecule has 2 aromatic rings. The molecule has 0 saturated heterocycles. The highest BCUT2D eigenvalue weighted by molar-refractivity contribution is 6.35. The van der Waals surface area contributed by atoms with Crippen molar-refractivity contribution in [2.75, 3.05) is 19.0 Å². The second-order valence-corrected chi connectivity index (χ2v) is 7.18. The molecule has 6 heteroatoms. The number of benzene rings is 2. The van der Waals surface area contributed by atoms with Crippen LogP contribution in [0, 0.1) is 5.92 Å². The van der Waals surface area contributed by atoms with Gasteiger partial charge in [-0.3, -0.25) is 0 Å². The Morgan fingerprint density at radius 3 is 2.50 bits per heavy atom. The Bertz CT molecular complexity index is 807. The summed E-state index contributed by atoms with van der Waals surface area (Å²) in [4.78, 5) is 12.5. The molecule has 1 N–H and O–H groups in total. The van der Waals surface area contributed by atoms with Crippen molar-refractivity contribution in [3.05, 3.63) is 57.6 Å². The number of hydrogen-bond donors (Lipinski definition) is 1. The molecule has 2 aromatic carbocycles. The summed E-state index contributed by atoms with van der Waals surface area (Å²) in [6.07, 6.45) is 0. The molecule has 0 aromatic heterocycles. The fourth-order valence-corrected chi connectivity index (χ4v) is 4.17. The molecule has 3 rings (SSSR count). The Morgan fingerprint density at radius 2 is 1.88 bits per heavy atom. The monoisotopic (exact) mass is 393 g/mol. The first-order chi connectivity index (χ1) is 12.5. The molecule has 3 atom stereocenters. The van der Waals surface area contributed by atoms with E-state index in [1.165, 1.54) is 0 Å². The van der Waals surface area contributed by atoms with Gasteiger partial charge in [-0.1, -0.05) is 42.3 Å². The minimum absolute atomic E-state index is 0.0615. The highest BCUT2D eigenvalue weighted by Crippen LogP contribution is 2.47. The molecule has 1 heterocycles. The van der Waals surface area contributed by atoms with Crippen LogP contribution in [-0.2, 0) is 9.53 Å². The van der Waals surface area contributed by atoms with E-state index in [1.807, 2.05) is 31.2 Å². The van der Waals surface area contributed by atoms with Gasteiger partial charge in [-0.25, -0.2) is 4.79 Å². The maximum atomic E-state index is 12.5. The normalized spacial score (nSPS) is 21.5. The van der Waals surface area contributed by atoms with E-state index in [1.54, 1.807) is 26.2 Å². The summed E-state index contributed by atoms with van der Waals surface area (Å²) in [5.41, 5.74) is 2.76. The lowest BCUT2D eigenvalue weighted by Gasteiger charge is -2.38. The average molecular weight is 394 g/mol. The topological polar surface area (TPSA) is 47.6 Å². The third kappa shape index (κ3) is 3.49. The number of carbonyl (C=O) groups excluding carboxylic acids is 1. The summed E-state index contributed by atoms with van der Waals surface area (Å²) in [5.74, 6) is 0.366. The van der Waals surface area contributed by atoms with Crippen molar-refractivity contribution >= 4 is 34.9 Å². The molecule has 3 unspecified atom stereocenters. The van der Waals surface area contributed by atoms with E-state index < -0.39 is 6.04 Å². The van der Waals surface area contributed by atoms with Gasteiger partial charge in [-0.2, -0.15) is 0 Å². The average Bonchev–Trinajstić information content (AvgIpc) is 2.62. The van der Waals surface area contributed by atoms with Gasteiger partial charge >= 0.3 is 5.97 Å². The predicted molar refractivity (Wildman–Crippen MR) is 105 cm³/mol. The molecule has 1 aliphatic heterocycles. The number of anilines is 1. The largest absolute Gasteiger partial charge is 0.497 e. The molecule has 0 bridgehead atoms. The summed E-state index contributed by atoms with van der Waals surface area (Å²) in [6, 6.07) is 10.9. The standard InChI is InChI=1S/C20H21Cl2NO3/c1-4-26-20(24)19-11(2)17(12-5-7-14(25-3)8-6-12)18-15(22)9-13(21)10-16(18)23-19/h5-11,17,19,23H,4H2,1-3H3. The van der Waals surface area contributed by atoms with Crippen LogP contribution >= 0.6 is 23.2 Å². The summed E-state index contributed by atoms with van der Waals surface area (Å²) < 4.78 is 10.5. The van der Waals surface area contributed by atoms with Gasteiger partial charge in [0.1, 0.15) is 11.8 Å². The van der Waals surface area contributed by atoms with Gasteiger partial charge in [0.15, 0.2) is 0 Å². The molecule has 0 spiro atoms. The van der Waals surface area contributed by atoms with E-state index in [2.05, 4.69) is 5.32 Å². The van der Waals surface area contributed by atoms with E-state index >= 15 is 0 Å². The van der Waals surface area contributed by atoms with Gasteiger partial charge in [0.25, 0.3) is 0 Å². The van der Waals surface area contributed by atoms with Crippen molar-refractivity contribution in [2.24, 2.45) is 5.92 Å². The van der Waals surface area contributed by atoms with Crippen molar-refractivity contribution in [2.45, 2.75) is 25.8 Å². The van der Waals surface area contributed by atoms with Crippen molar-refractivity contribution in [3.63, 3.8) is 0 Å². The molecule has 26 heavy (non-hydrogen) atoms. The number of hydrogen-bond acceptors (Lipinski definition) is 4. The minimum Gasteiger partial charge on any atom is -0.497 e. The lowest BCUT2D eigenvalue weighted by Crippen LogP contribution is -2.43. The zero-order chi connectivity index (χ0) is 18.8. The van der Waals surface area contributed by atoms with Gasteiger partial charge < -0.3 is 14.8 Å². The number of methoxy groups -OCH3 is 1. The van der Waals surface area contributed by atoms with Gasteiger partial charge in [0.2, 0.25) is 0 Å². The van der Waals surface area contributed by atoms with Gasteiger partial charge in [0, 0.05) is 27.2 Å². The van der Waals surface area contributed by atoms with E-state index in [0.29, 0.717) is 16.7 Å². The Hall–Kier alpha value is -1.91. The number of halogens is 2. The number of ether oxygens (including phenoxy) is 2. The van der Waals surface area contributed by atoms with Crippen LogP contribution in [0.25, 0.3) is 0 Å². The van der Waals surface area contributed by atoms with Gasteiger partial charge in [0.05, 0.1) is 13.7 Å². The van der Waals surface area contributed by atoms with Crippen LogP contribution in [0.1, 0.15) is 30.9 Å². The Labute approximate surface area is 163 Å². The van der Waals surface area contributed by atoms with Crippen LogP contribution in [0.3, 0.4) is 0 Å². The molecular weight excluding hydrogens is 373 g/mol. The Morgan fingerprint density at radius 1 is 1.19 bits per heavy atom. The Balaban J connectivity index is 2.11. The first-order valence-corrected chi connectivity index (χ1v) is 9.28. The van der Waals surface area contributed by atoms with Crippen molar-refractivity contribution < 1.29 is 14.3 Å². The summed E-state index contributed by atoms with van der Waals surface area (Å²) >= 11 is 12.7. The number of carbonyl (C=O) groups is 1. The predicted octanol–water partition coefficient (Wildman–Crippen LogP) is 5.13. The Kier molecular flexibility index (Phi) is 5.64. The second kappa shape index (κ2) is 7.77. The maximum Gasteiger partial charge on any atom is 0.328 e. The van der Waals surface area contributed by atoms with Crippen LogP contribution in [0.15, 0.2) is 36.4 Å². The highest BCUT2D eigenvalue weighted by Gasteiger charge is 2.40. The van der Waals surface area contributed by atoms with E-state index in [4.69, 9.17) is 32.7 Å². The van der Waals surface area contributed by atoms with Crippen LogP contribution in [0.5, 0.6) is 5.75 Å². The summed E-state index contributed by atoms with van der Waals surface area (Å²) in [6.45, 7) is 4.16. The lowest BCUT2D eigenvalue weighted by atomic mass is 9.74. The highest BCUT2D eigenvalue weighted by atomic mass is 35.5. The smallest absolute Gasteiger partial charge is 0.328 e. The quantitative estimate of drug-likeness (QED) is 0.731. The van der Waals surface area contributed by atoms with Gasteiger partial charge in [-0.15, -0.1) is 0 Å². The zero-order valence-electron chi connectivity index (χ0n) is 14.9. The molecule has 4 nitrogen and oxygen atoms in total. The molecular formula is C20H21Cl2NO3. The first-order valence-electron chi connectivity index (χ1n) is 8.52. The molecule has 138 valence electrons. The molecule has 0 amide bonds. The SMILES string of the molecule is CCOC(=O)C1Nc2cc(Cl)cc(Cl)c2C(c2ccc(OC)cc2)C1C. The minimum atomic E-state index is -0.482. The van der Waals surface area contributed by atoms with Crippen LogP contribution in [0.4, 0.5) is 5.69 Å². The van der Waals surface area contributed by atoms with Gasteiger partial charge in [-0.05, 0) is 42.7 Å². The number of esters is 1. The number of fused-ring (bicyclic) bond motifs is 1. The van der Waals surface area contributed by atoms with E-state index in [9.17, 15) is 4.79 Å². The van der Waals surface area contributed by atoms with Crippen molar-refractivity contribution in [1.82, 2.24) is 0 Å². The lowest BCUT2D eigenvalue weighted by molar-refractivity contribution is -0.145. The molecule has 1 aliphatic rings. The third-order valence-electron chi connectivity index (χ3n) is 4.78. The zero-order valence-corrected chi connectivity index (χ0v) is 16.4. The first kappa shape index (κ1) is 18.9. The third-order valence-corrected chi connectivity index (χ3v) is 5.31. The number of nitrogens with one attached hydrogen (secondary N) is 1. The van der Waals surface area contributed by atoms with Crippen molar-refractivity contribution in [3.8, 4) is 5.75 Å². The maximum absolute atomic E-state index is 12.5. The number of rotatable bonds is 4. The fourth-order valence-electron chi connectivity index (χ4n) is 3.56. The summed E-state index contributed by atoms with van der Waals surface area (Å²) in [5, 5.41) is 4.37. The molecule has 0 aliphatic carbocycles. The van der Waals surface area contributed by atoms with Crippen LogP contribution in [0.2, 0.25) is 10.0 Å². The fraction of sp³-hybridized carbons (Fsp3) is 0.350. The van der Waals surface area contributed by atoms with E-state index in [0.717, 1.165) is 22.6 Å². The van der Waals surface area contributed by atoms with Crippen molar-refractivity contribution in [1.29, 1.82) is 0 Å². The van der Waals surface area contributed by atoms with Crippen LogP contribution < -0.4 is 10.1 Å². The molecule has 0 radical (unpaired) electrons. The summed E-state index contributed by atoms with van der Waals surface area (Å²) in [7, 11) is 1.63. The second-order valence-electron chi connectivity index (χ2n) is 6.33. The molecule has 0 fully saturated rings.